The Kier molecular flexibility index (Phi) is 8.73. The molecule has 3 aromatic rings. The molecule has 0 radical (unpaired) electrons. The minimum Gasteiger partial charge on any atom is -0.494 e. The maximum absolute atomic E-state index is 11.8. The molecule has 0 aromatic heterocycles. The van der Waals surface area contributed by atoms with E-state index in [2.05, 4.69) is 13.0 Å². The fraction of sp³-hybridized carbons (Fsp3) is 0.406. The largest absolute Gasteiger partial charge is 0.494 e. The summed E-state index contributed by atoms with van der Waals surface area (Å²) >= 11 is 0. The van der Waals surface area contributed by atoms with Gasteiger partial charge in [0.05, 0.1) is 39.1 Å². The molecule has 0 saturated carbocycles. The fourth-order valence-electron chi connectivity index (χ4n) is 5.33. The molecule has 0 saturated heterocycles. The molecule has 0 spiro atoms. The number of methoxy groups -OCH3 is 1. The average molecular weight is 581 g/mol. The van der Waals surface area contributed by atoms with E-state index < -0.39 is 9.84 Å². The van der Waals surface area contributed by atoms with E-state index in [-0.39, 0.29) is 23.4 Å². The molecule has 2 heterocycles. The maximum Gasteiger partial charge on any atom is 0.306 e. The van der Waals surface area contributed by atoms with Crippen LogP contribution < -0.4 is 18.9 Å². The average Bonchev–Trinajstić information content (AvgIpc) is 3.26. The van der Waals surface area contributed by atoms with Crippen LogP contribution in [0.15, 0.2) is 48.5 Å². The molecular weight excluding hydrogens is 544 g/mol. The van der Waals surface area contributed by atoms with Gasteiger partial charge in [0, 0.05) is 35.3 Å². The van der Waals surface area contributed by atoms with Gasteiger partial charge in [0.15, 0.2) is 0 Å². The van der Waals surface area contributed by atoms with Crippen molar-refractivity contribution in [2.45, 2.75) is 45.6 Å². The van der Waals surface area contributed by atoms with Crippen LogP contribution in [0.25, 0.3) is 11.1 Å². The van der Waals surface area contributed by atoms with E-state index in [4.69, 9.17) is 23.7 Å². The molecule has 2 aliphatic rings. The van der Waals surface area contributed by atoms with Crippen LogP contribution in [-0.2, 0) is 32.4 Å². The van der Waals surface area contributed by atoms with Crippen LogP contribution in [0.4, 0.5) is 0 Å². The second-order valence-corrected chi connectivity index (χ2v) is 12.9. The summed E-state index contributed by atoms with van der Waals surface area (Å²) in [6, 6.07) is 15.9. The summed E-state index contributed by atoms with van der Waals surface area (Å²) in [6.07, 6.45) is 1.49. The Hall–Kier alpha value is -3.72. The van der Waals surface area contributed by atoms with Gasteiger partial charge in [0.1, 0.15) is 39.4 Å². The van der Waals surface area contributed by atoms with Gasteiger partial charge in [0.2, 0.25) is 0 Å². The minimum atomic E-state index is -3.00. The lowest BCUT2D eigenvalue weighted by Crippen LogP contribution is -2.12. The maximum atomic E-state index is 11.8. The normalized spacial score (nSPS) is 15.4. The highest BCUT2D eigenvalue weighted by Gasteiger charge is 2.27. The topological polar surface area (TPSA) is 97.4 Å². The molecular formula is C32H36O8S. The first-order valence-corrected chi connectivity index (χ1v) is 15.8. The predicted octanol–water partition coefficient (Wildman–Crippen LogP) is 5.42. The van der Waals surface area contributed by atoms with E-state index in [1.807, 2.05) is 42.5 Å². The molecule has 0 bridgehead atoms. The van der Waals surface area contributed by atoms with Gasteiger partial charge in [0.25, 0.3) is 0 Å². The number of ether oxygens (including phenoxy) is 5. The van der Waals surface area contributed by atoms with Crippen molar-refractivity contribution >= 4 is 15.8 Å². The van der Waals surface area contributed by atoms with Crippen molar-refractivity contribution in [1.29, 1.82) is 0 Å². The number of fused-ring (bicyclic) bond motifs is 4. The second kappa shape index (κ2) is 12.4. The molecule has 0 aliphatic carbocycles. The summed E-state index contributed by atoms with van der Waals surface area (Å²) in [4.78, 5) is 11.7. The van der Waals surface area contributed by atoms with Crippen molar-refractivity contribution in [3.63, 3.8) is 0 Å². The van der Waals surface area contributed by atoms with Crippen molar-refractivity contribution in [1.82, 2.24) is 0 Å². The van der Waals surface area contributed by atoms with E-state index in [0.29, 0.717) is 45.0 Å². The number of carbonyl (C=O) groups is 1. The van der Waals surface area contributed by atoms with Crippen molar-refractivity contribution in [2.75, 3.05) is 38.4 Å². The van der Waals surface area contributed by atoms with Gasteiger partial charge in [-0.15, -0.1) is 0 Å². The van der Waals surface area contributed by atoms with Gasteiger partial charge in [-0.2, -0.15) is 0 Å². The summed E-state index contributed by atoms with van der Waals surface area (Å²) in [6.45, 7) is 5.45. The van der Waals surface area contributed by atoms with Crippen LogP contribution in [0, 0.1) is 6.92 Å². The number of aryl methyl sites for hydroxylation is 1. The van der Waals surface area contributed by atoms with Gasteiger partial charge >= 0.3 is 5.97 Å². The SMILES string of the molecule is CCS(=O)(=O)CCCOc1cc(C)c2c(c1)CCOc1ccc(COc3ccc4c(c3)OC[C@H]4CC(=O)OC)cc1-2. The number of esters is 1. The van der Waals surface area contributed by atoms with Crippen molar-refractivity contribution in [3.05, 3.63) is 70.8 Å². The number of hydrogen-bond donors (Lipinski definition) is 0. The Morgan fingerprint density at radius 2 is 1.85 bits per heavy atom. The van der Waals surface area contributed by atoms with Gasteiger partial charge in [-0.1, -0.05) is 19.1 Å². The molecule has 3 aromatic carbocycles. The number of rotatable bonds is 11. The van der Waals surface area contributed by atoms with Gasteiger partial charge in [-0.05, 0) is 65.9 Å². The van der Waals surface area contributed by atoms with E-state index in [1.54, 1.807) is 6.92 Å². The molecule has 1 atom stereocenters. The predicted molar refractivity (Wildman–Crippen MR) is 156 cm³/mol. The van der Waals surface area contributed by atoms with Crippen LogP contribution in [0.5, 0.6) is 23.0 Å². The highest BCUT2D eigenvalue weighted by molar-refractivity contribution is 7.91. The number of hydrogen-bond acceptors (Lipinski definition) is 8. The van der Waals surface area contributed by atoms with Gasteiger partial charge < -0.3 is 23.7 Å². The number of carbonyl (C=O) groups excluding carboxylic acids is 1. The summed E-state index contributed by atoms with van der Waals surface area (Å²) in [5.41, 5.74) is 6.34. The molecule has 218 valence electrons. The zero-order valence-electron chi connectivity index (χ0n) is 23.7. The van der Waals surface area contributed by atoms with Gasteiger partial charge in [-0.3, -0.25) is 4.79 Å². The van der Waals surface area contributed by atoms with Crippen molar-refractivity contribution < 1.29 is 36.9 Å². The first-order chi connectivity index (χ1) is 19.8. The van der Waals surface area contributed by atoms with Crippen LogP contribution in [0.2, 0.25) is 0 Å². The monoisotopic (exact) mass is 580 g/mol. The van der Waals surface area contributed by atoms with E-state index in [0.717, 1.165) is 57.1 Å². The molecule has 5 rings (SSSR count). The molecule has 0 unspecified atom stereocenters. The van der Waals surface area contributed by atoms with Crippen LogP contribution in [0.1, 0.15) is 47.9 Å². The Balaban J connectivity index is 1.28. The van der Waals surface area contributed by atoms with E-state index >= 15 is 0 Å². The summed E-state index contributed by atoms with van der Waals surface area (Å²) in [7, 11) is -1.61. The standard InChI is InChI=1S/C32H36O8S/c1-4-41(34,35)13-5-11-37-26-14-21(2)32-23(16-26)10-12-38-29-9-6-22(15-28(29)32)19-39-25-7-8-27-24(17-31(33)36-3)20-40-30(27)18-25/h6-9,14-16,18,24H,4-5,10-13,17,19-20H2,1-3H3/t24-/m1/s1. The van der Waals surface area contributed by atoms with Gasteiger partial charge in [-0.25, -0.2) is 8.42 Å². The Morgan fingerprint density at radius 1 is 1.00 bits per heavy atom. The minimum absolute atomic E-state index is 0.0116. The quantitative estimate of drug-likeness (QED) is 0.219. The van der Waals surface area contributed by atoms with Crippen LogP contribution in [0.3, 0.4) is 0 Å². The smallest absolute Gasteiger partial charge is 0.306 e. The molecule has 0 amide bonds. The second-order valence-electron chi connectivity index (χ2n) is 10.4. The third-order valence-electron chi connectivity index (χ3n) is 7.55. The lowest BCUT2D eigenvalue weighted by atomic mass is 9.92. The third-order valence-corrected chi connectivity index (χ3v) is 9.34. The number of benzene rings is 3. The van der Waals surface area contributed by atoms with E-state index in [9.17, 15) is 13.2 Å². The van der Waals surface area contributed by atoms with Crippen LogP contribution in [-0.4, -0.2) is 52.8 Å². The zero-order valence-corrected chi connectivity index (χ0v) is 24.6. The fourth-order valence-corrected chi connectivity index (χ4v) is 6.18. The molecule has 41 heavy (non-hydrogen) atoms. The molecule has 0 N–H and O–H groups in total. The molecule has 8 nitrogen and oxygen atoms in total. The van der Waals surface area contributed by atoms with Crippen molar-refractivity contribution in [3.8, 4) is 34.1 Å². The summed E-state index contributed by atoms with van der Waals surface area (Å²) in [5, 5.41) is 0. The molecule has 2 aliphatic heterocycles. The lowest BCUT2D eigenvalue weighted by molar-refractivity contribution is -0.141. The Labute approximate surface area is 241 Å². The summed E-state index contributed by atoms with van der Waals surface area (Å²) < 4.78 is 52.3. The highest BCUT2D eigenvalue weighted by Crippen LogP contribution is 2.41. The third kappa shape index (κ3) is 6.78. The zero-order chi connectivity index (χ0) is 29.0. The number of sulfone groups is 1. The first-order valence-electron chi connectivity index (χ1n) is 14.0. The molecule has 9 heteroatoms. The molecule has 0 fully saturated rings. The Morgan fingerprint density at radius 3 is 2.66 bits per heavy atom. The van der Waals surface area contributed by atoms with E-state index in [1.165, 1.54) is 7.11 Å². The lowest BCUT2D eigenvalue weighted by Gasteiger charge is -2.16. The Bertz CT molecular complexity index is 1530. The van der Waals surface area contributed by atoms with Crippen LogP contribution >= 0.6 is 0 Å². The highest BCUT2D eigenvalue weighted by atomic mass is 32.2. The first kappa shape index (κ1) is 28.8. The summed E-state index contributed by atoms with van der Waals surface area (Å²) in [5.74, 6) is 3.02. The van der Waals surface area contributed by atoms with Crippen molar-refractivity contribution in [2.24, 2.45) is 0 Å².